The molecule has 1 radical (unpaired) electrons. The van der Waals surface area contributed by atoms with E-state index in [2.05, 4.69) is 19.9 Å². The Labute approximate surface area is 417 Å². The van der Waals surface area contributed by atoms with Gasteiger partial charge in [-0.3, -0.25) is 19.2 Å². The van der Waals surface area contributed by atoms with Gasteiger partial charge in [0.05, 0.1) is 36.3 Å². The number of nitrogens with one attached hydrogen (secondary N) is 2. The number of ether oxygens (including phenoxy) is 2. The first-order valence-corrected chi connectivity index (χ1v) is 16.0. The van der Waals surface area contributed by atoms with Gasteiger partial charge in [-0.2, -0.15) is 26.3 Å². The van der Waals surface area contributed by atoms with Crippen molar-refractivity contribution in [3.05, 3.63) is 70.4 Å². The minimum Gasteiger partial charge on any atom is -0.662 e. The number of aliphatic hydroxyl groups is 3. The van der Waals surface area contributed by atoms with Crippen LogP contribution in [0.5, 0.6) is 0 Å². The Morgan fingerprint density at radius 2 is 1.29 bits per heavy atom. The summed E-state index contributed by atoms with van der Waals surface area (Å²) in [5.74, 6) is -3.61. The van der Waals surface area contributed by atoms with E-state index in [-0.39, 0.29) is 127 Å². The van der Waals surface area contributed by atoms with Gasteiger partial charge in [0.15, 0.2) is 22.6 Å². The molecule has 4 unspecified atom stereocenters. The number of aliphatic hydroxyl groups excluding tert-OH is 1. The Kier molecular flexibility index (Phi) is 20.6. The predicted molar refractivity (Wildman–Crippen MR) is 185 cm³/mol. The number of carbonyl (C=O) groups excluding carboxylic acids is 5. The molecule has 1 heterocycles. The van der Waals surface area contributed by atoms with Crippen molar-refractivity contribution < 1.29 is 137 Å². The third-order valence-electron chi connectivity index (χ3n) is 9.58. The Morgan fingerprint density at radius 1 is 0.881 bits per heavy atom. The molecule has 2 aromatic rings. The third kappa shape index (κ3) is 12.8. The Balaban J connectivity index is 0.00000111. The zero-order valence-corrected chi connectivity index (χ0v) is 38.8. The number of esters is 2. The summed E-state index contributed by atoms with van der Waals surface area (Å²) in [5, 5.41) is 41.3. The fourth-order valence-electron chi connectivity index (χ4n) is 5.57. The molecule has 2 amide bonds. The van der Waals surface area contributed by atoms with Crippen LogP contribution in [-0.4, -0.2) is 127 Å². The average molecular weight is 896 g/mol. The molecule has 0 spiro atoms. The molecule has 4 atom stereocenters. The maximum atomic E-state index is 13.1. The normalized spacial score (nSPS) is 20.5. The molecular formula is C35H35F6K2N4O12. The van der Waals surface area contributed by atoms with Crippen LogP contribution in [0.1, 0.15) is 58.6 Å². The number of alkyl halides is 6. The van der Waals surface area contributed by atoms with Crippen molar-refractivity contribution in [2.45, 2.75) is 76.6 Å². The first kappa shape index (κ1) is 56.5. The Morgan fingerprint density at radius 3 is 1.59 bits per heavy atom. The van der Waals surface area contributed by atoms with E-state index in [9.17, 15) is 55.7 Å². The van der Waals surface area contributed by atoms with Crippen LogP contribution in [0.25, 0.3) is 9.69 Å². The number of hydrogen-bond acceptors (Lipinski definition) is 12. The zero-order valence-electron chi connectivity index (χ0n) is 32.5. The molecule has 1 aliphatic carbocycles. The van der Waals surface area contributed by atoms with Gasteiger partial charge in [0.2, 0.25) is 5.60 Å². The predicted octanol–water partition coefficient (Wildman–Crippen LogP) is 0.607. The quantitative estimate of drug-likeness (QED) is 0.0444. The van der Waals surface area contributed by atoms with E-state index >= 15 is 0 Å². The van der Waals surface area contributed by atoms with Crippen molar-refractivity contribution in [3.63, 3.8) is 0 Å². The summed E-state index contributed by atoms with van der Waals surface area (Å²) in [4.78, 5) is 66.0. The topological polar surface area (TPSA) is 230 Å². The van der Waals surface area contributed by atoms with Crippen molar-refractivity contribution in [2.75, 3.05) is 23.8 Å². The molecule has 1 saturated carbocycles. The van der Waals surface area contributed by atoms with Gasteiger partial charge < -0.3 is 45.6 Å². The summed E-state index contributed by atoms with van der Waals surface area (Å²) in [7, 11) is 0. The molecule has 16 nitrogen and oxygen atoms in total. The summed E-state index contributed by atoms with van der Waals surface area (Å²) < 4.78 is 88.1. The van der Waals surface area contributed by atoms with Crippen LogP contribution in [0.4, 0.5) is 49.1 Å². The smallest absolute Gasteiger partial charge is 0.662 e. The van der Waals surface area contributed by atoms with Gasteiger partial charge in [0, 0.05) is 68.2 Å². The van der Waals surface area contributed by atoms with Crippen LogP contribution in [0.2, 0.25) is 0 Å². The van der Waals surface area contributed by atoms with Crippen molar-refractivity contribution in [2.24, 2.45) is 10.8 Å². The number of anilines is 2. The van der Waals surface area contributed by atoms with Gasteiger partial charge in [-0.15, -0.1) is 0 Å². The van der Waals surface area contributed by atoms with Crippen molar-refractivity contribution in [1.82, 2.24) is 0 Å². The van der Waals surface area contributed by atoms with E-state index in [1.807, 2.05) is 5.32 Å². The van der Waals surface area contributed by atoms with E-state index in [4.69, 9.17) is 37.8 Å². The number of nitrogens with zero attached hydrogens (tertiary/aromatic N) is 2. The van der Waals surface area contributed by atoms with Crippen LogP contribution >= 0.6 is 0 Å². The Bertz CT molecular complexity index is 1980. The summed E-state index contributed by atoms with van der Waals surface area (Å²) in [6, 6.07) is 5.17. The minimum absolute atomic E-state index is 0. The fraction of sp³-hybridized carbons (Fsp3) is 0.457. The molecule has 24 heteroatoms. The number of amides is 2. The van der Waals surface area contributed by atoms with E-state index in [0.29, 0.717) is 18.6 Å². The number of rotatable bonds is 9. The first-order chi connectivity index (χ1) is 26.0. The van der Waals surface area contributed by atoms with Gasteiger partial charge in [-0.05, 0) is 57.9 Å². The summed E-state index contributed by atoms with van der Waals surface area (Å²) in [6.45, 7) is 18.8. The largest absolute Gasteiger partial charge is 1.00 e. The molecule has 2 aromatic carbocycles. The summed E-state index contributed by atoms with van der Waals surface area (Å²) in [6.07, 6.45) is -8.92. The van der Waals surface area contributed by atoms with E-state index in [1.54, 1.807) is 20.8 Å². The second-order valence-electron chi connectivity index (χ2n) is 13.7. The Hall–Kier alpha value is -2.54. The molecule has 311 valence electrons. The monoisotopic (exact) mass is 895 g/mol. The van der Waals surface area contributed by atoms with E-state index < -0.39 is 99.5 Å². The molecule has 5 N–H and O–H groups in total. The molecule has 2 bridgehead atoms. The standard InChI is InChI=1S/C22H23F3N2O6.C12H11F3N2O3.CH2O3.2K/c1-18(2)19(3)8-9-21(18,33-16(19)29)17(30)32-11-20(4,31)15(28)27-12-6-7-14(26-5)13(10-12)22(23,24)25;1-11(20,6-18)10(19)17-7-3-4-9(16-2)8(5-7)12(13,14)15;2-1-4-3;;/h6-7,10,31H,8-9,11H2,1-4H3,(H,27,28);3-5,18,20H,6H2,1H3,(H,17,19);1,3H;;/q;;;;+1/p-1. The molecular weight excluding hydrogens is 861 g/mol. The van der Waals surface area contributed by atoms with Crippen molar-refractivity contribution in [1.29, 1.82) is 0 Å². The van der Waals surface area contributed by atoms with E-state index in [0.717, 1.165) is 38.1 Å². The van der Waals surface area contributed by atoms with Crippen LogP contribution in [0, 0.1) is 24.0 Å². The van der Waals surface area contributed by atoms with Crippen LogP contribution in [0.15, 0.2) is 36.4 Å². The summed E-state index contributed by atoms with van der Waals surface area (Å²) >= 11 is 0. The van der Waals surface area contributed by atoms with Crippen LogP contribution in [0.3, 0.4) is 0 Å². The number of fused-ring (bicyclic) bond motifs is 2. The van der Waals surface area contributed by atoms with Gasteiger partial charge in [-0.1, -0.05) is 26.0 Å². The first-order valence-electron chi connectivity index (χ1n) is 16.0. The number of halogens is 6. The van der Waals surface area contributed by atoms with Crippen LogP contribution in [-0.2, 0) is 50.7 Å². The maximum absolute atomic E-state index is 13.1. The third-order valence-corrected chi connectivity index (χ3v) is 9.58. The zero-order chi connectivity index (χ0) is 44.0. The van der Waals surface area contributed by atoms with Gasteiger partial charge in [0.25, 0.3) is 18.3 Å². The minimum atomic E-state index is -4.82. The number of carbonyl (C=O) groups is 5. The second-order valence-corrected chi connectivity index (χ2v) is 13.7. The van der Waals surface area contributed by atoms with Gasteiger partial charge in [-0.25, -0.2) is 14.5 Å². The van der Waals surface area contributed by atoms with Crippen molar-refractivity contribution in [3.8, 4) is 0 Å². The van der Waals surface area contributed by atoms with Gasteiger partial charge >= 0.3 is 75.7 Å². The molecule has 4 rings (SSSR count). The number of hydrogen-bond donors (Lipinski definition) is 5. The second kappa shape index (κ2) is 21.5. The molecule has 0 aromatic heterocycles. The van der Waals surface area contributed by atoms with Gasteiger partial charge in [0.1, 0.15) is 6.61 Å². The maximum Gasteiger partial charge on any atom is 1.00 e. The average Bonchev–Trinajstić information content (AvgIpc) is 3.43. The van der Waals surface area contributed by atoms with Crippen molar-refractivity contribution >= 4 is 104 Å². The number of benzene rings is 2. The summed E-state index contributed by atoms with van der Waals surface area (Å²) in [5.41, 5.74) is -11.9. The van der Waals surface area contributed by atoms with E-state index in [1.165, 1.54) is 0 Å². The molecule has 59 heavy (non-hydrogen) atoms. The van der Waals surface area contributed by atoms with Crippen LogP contribution < -0.4 is 67.3 Å². The molecule has 2 fully saturated rings. The molecule has 2 aliphatic rings. The SMILES string of the molecule is O=CO[O-].[C-]#[N+]c1ccc(NC(=O)C(C)(O)CO)cc1C(F)(F)F.[C-]#[N+]c1ccc(NC(=O)C(C)(O)COC(=O)C23CCC(C)(C(=O)O2)C3(C)C)cc1C(F)(F)F.[K+].[K]. The fourth-order valence-corrected chi connectivity index (χ4v) is 5.57. The molecule has 1 aliphatic heterocycles. The molecule has 1 saturated heterocycles.